The Morgan fingerprint density at radius 2 is 2.23 bits per heavy atom. The lowest BCUT2D eigenvalue weighted by molar-refractivity contribution is -0.134. The Morgan fingerprint density at radius 1 is 1.41 bits per heavy atom. The van der Waals surface area contributed by atoms with E-state index >= 15 is 0 Å². The molecular formula is C15H19N5O2. The van der Waals surface area contributed by atoms with Gasteiger partial charge in [-0.2, -0.15) is 0 Å². The van der Waals surface area contributed by atoms with Crippen LogP contribution in [0, 0.1) is 0 Å². The Labute approximate surface area is 127 Å². The molecule has 0 aliphatic carbocycles. The van der Waals surface area contributed by atoms with Gasteiger partial charge in [-0.05, 0) is 19.1 Å². The van der Waals surface area contributed by atoms with Gasteiger partial charge in [0.05, 0.1) is 11.9 Å². The third-order valence-electron chi connectivity index (χ3n) is 3.99. The number of amides is 1. The Balaban J connectivity index is 1.72. The second-order valence-electron chi connectivity index (χ2n) is 5.53. The van der Waals surface area contributed by atoms with Crippen LogP contribution in [-0.2, 0) is 11.3 Å². The van der Waals surface area contributed by atoms with Crippen molar-refractivity contribution in [1.29, 1.82) is 0 Å². The minimum atomic E-state index is -0.202. The van der Waals surface area contributed by atoms with Gasteiger partial charge in [-0.15, -0.1) is 5.10 Å². The number of carbonyl (C=O) groups is 1. The molecule has 1 N–H and O–H groups in total. The van der Waals surface area contributed by atoms with Crippen molar-refractivity contribution < 1.29 is 4.79 Å². The van der Waals surface area contributed by atoms with Crippen molar-refractivity contribution in [2.24, 2.45) is 0 Å². The Hall–Kier alpha value is -2.28. The SMILES string of the molecule is C[C@H]1CNCCN1C(=O)CCn1nnc2ccccc2c1=O. The maximum atomic E-state index is 12.3. The largest absolute Gasteiger partial charge is 0.337 e. The third kappa shape index (κ3) is 2.85. The van der Waals surface area contributed by atoms with Gasteiger partial charge in [0, 0.05) is 32.1 Å². The number of carbonyl (C=O) groups excluding carboxylic acids is 1. The number of benzene rings is 1. The minimum Gasteiger partial charge on any atom is -0.337 e. The fraction of sp³-hybridized carbons (Fsp3) is 0.467. The minimum absolute atomic E-state index is 0.0517. The number of nitrogens with one attached hydrogen (secondary N) is 1. The summed E-state index contributed by atoms with van der Waals surface area (Å²) in [5.41, 5.74) is 0.373. The highest BCUT2D eigenvalue weighted by Gasteiger charge is 2.22. The van der Waals surface area contributed by atoms with Crippen LogP contribution >= 0.6 is 0 Å². The van der Waals surface area contributed by atoms with E-state index in [0.29, 0.717) is 17.4 Å². The zero-order chi connectivity index (χ0) is 15.5. The molecule has 1 fully saturated rings. The first-order chi connectivity index (χ1) is 10.7. The van der Waals surface area contributed by atoms with E-state index in [4.69, 9.17) is 0 Å². The average molecular weight is 301 g/mol. The van der Waals surface area contributed by atoms with Crippen LogP contribution in [0.5, 0.6) is 0 Å². The number of hydrogen-bond donors (Lipinski definition) is 1. The van der Waals surface area contributed by atoms with Crippen LogP contribution < -0.4 is 10.9 Å². The molecule has 2 aromatic rings. The van der Waals surface area contributed by atoms with Gasteiger partial charge in [0.2, 0.25) is 5.91 Å². The molecule has 7 nitrogen and oxygen atoms in total. The van der Waals surface area contributed by atoms with Crippen LogP contribution in [0.4, 0.5) is 0 Å². The molecule has 1 saturated heterocycles. The summed E-state index contributed by atoms with van der Waals surface area (Å²) in [4.78, 5) is 26.5. The van der Waals surface area contributed by atoms with E-state index in [1.807, 2.05) is 17.9 Å². The van der Waals surface area contributed by atoms with Crippen molar-refractivity contribution in [1.82, 2.24) is 25.2 Å². The first-order valence-electron chi connectivity index (χ1n) is 7.49. The second-order valence-corrected chi connectivity index (χ2v) is 5.53. The molecule has 1 aliphatic heterocycles. The summed E-state index contributed by atoms with van der Waals surface area (Å²) in [6, 6.07) is 7.27. The number of nitrogens with zero attached hydrogens (tertiary/aromatic N) is 4. The molecule has 1 aromatic heterocycles. The molecule has 1 amide bonds. The van der Waals surface area contributed by atoms with Crippen LogP contribution in [-0.4, -0.2) is 51.5 Å². The number of aromatic nitrogens is 3. The number of aryl methyl sites for hydroxylation is 1. The Bertz CT molecular complexity index is 742. The lowest BCUT2D eigenvalue weighted by atomic mass is 10.2. The number of fused-ring (bicyclic) bond motifs is 1. The summed E-state index contributed by atoms with van der Waals surface area (Å²) in [6.07, 6.45) is 0.261. The zero-order valence-corrected chi connectivity index (χ0v) is 12.5. The van der Waals surface area contributed by atoms with Crippen molar-refractivity contribution >= 4 is 16.8 Å². The molecule has 0 spiro atoms. The summed E-state index contributed by atoms with van der Waals surface area (Å²) in [7, 11) is 0. The molecule has 22 heavy (non-hydrogen) atoms. The average Bonchev–Trinajstić information content (AvgIpc) is 2.55. The standard InChI is InChI=1S/C15H19N5O2/c1-11-10-16-7-9-19(11)14(21)6-8-20-15(22)12-4-2-3-5-13(12)17-18-20/h2-5,11,16H,6-10H2,1H3/t11-/m0/s1. The topological polar surface area (TPSA) is 80.1 Å². The molecule has 116 valence electrons. The fourth-order valence-electron chi connectivity index (χ4n) is 2.73. The molecule has 2 heterocycles. The maximum absolute atomic E-state index is 12.3. The van der Waals surface area contributed by atoms with Crippen LogP contribution in [0.1, 0.15) is 13.3 Å². The molecular weight excluding hydrogens is 282 g/mol. The van der Waals surface area contributed by atoms with Crippen molar-refractivity contribution in [2.45, 2.75) is 25.9 Å². The van der Waals surface area contributed by atoms with Gasteiger partial charge in [-0.25, -0.2) is 4.68 Å². The van der Waals surface area contributed by atoms with Gasteiger partial charge >= 0.3 is 0 Å². The maximum Gasteiger partial charge on any atom is 0.277 e. The molecule has 1 aliphatic rings. The zero-order valence-electron chi connectivity index (χ0n) is 12.5. The highest BCUT2D eigenvalue weighted by Crippen LogP contribution is 2.06. The smallest absolute Gasteiger partial charge is 0.277 e. The Morgan fingerprint density at radius 3 is 3.05 bits per heavy atom. The predicted octanol–water partition coefficient (Wildman–Crippen LogP) is 0.00190. The van der Waals surface area contributed by atoms with E-state index in [2.05, 4.69) is 15.6 Å². The predicted molar refractivity (Wildman–Crippen MR) is 82.5 cm³/mol. The summed E-state index contributed by atoms with van der Waals surface area (Å²) < 4.78 is 1.27. The van der Waals surface area contributed by atoms with Crippen LogP contribution in [0.25, 0.3) is 10.9 Å². The van der Waals surface area contributed by atoms with Crippen molar-refractivity contribution in [3.8, 4) is 0 Å². The molecule has 0 unspecified atom stereocenters. The summed E-state index contributed by atoms with van der Waals surface area (Å²) in [5.74, 6) is 0.0517. The van der Waals surface area contributed by atoms with Crippen molar-refractivity contribution in [3.63, 3.8) is 0 Å². The van der Waals surface area contributed by atoms with E-state index < -0.39 is 0 Å². The number of piperazine rings is 1. The molecule has 1 aromatic carbocycles. The summed E-state index contributed by atoms with van der Waals surface area (Å²) >= 11 is 0. The molecule has 1 atom stereocenters. The van der Waals surface area contributed by atoms with Gasteiger partial charge < -0.3 is 10.2 Å². The van der Waals surface area contributed by atoms with Crippen LogP contribution in [0.2, 0.25) is 0 Å². The third-order valence-corrected chi connectivity index (χ3v) is 3.99. The molecule has 3 rings (SSSR count). The lowest BCUT2D eigenvalue weighted by Crippen LogP contribution is -2.52. The van der Waals surface area contributed by atoms with Gasteiger partial charge in [-0.1, -0.05) is 17.3 Å². The van der Waals surface area contributed by atoms with E-state index in [0.717, 1.165) is 13.1 Å². The van der Waals surface area contributed by atoms with E-state index in [1.165, 1.54) is 4.68 Å². The highest BCUT2D eigenvalue weighted by atomic mass is 16.2. The Kier molecular flexibility index (Phi) is 4.15. The quantitative estimate of drug-likeness (QED) is 0.863. The van der Waals surface area contributed by atoms with Crippen molar-refractivity contribution in [2.75, 3.05) is 19.6 Å². The second kappa shape index (κ2) is 6.23. The monoisotopic (exact) mass is 301 g/mol. The van der Waals surface area contributed by atoms with Crippen LogP contribution in [0.15, 0.2) is 29.1 Å². The number of hydrogen-bond acceptors (Lipinski definition) is 5. The van der Waals surface area contributed by atoms with E-state index in [-0.39, 0.29) is 30.5 Å². The van der Waals surface area contributed by atoms with E-state index in [1.54, 1.807) is 18.2 Å². The molecule has 0 radical (unpaired) electrons. The summed E-state index contributed by atoms with van der Waals surface area (Å²) in [5, 5.41) is 11.7. The lowest BCUT2D eigenvalue weighted by Gasteiger charge is -2.34. The molecule has 0 saturated carbocycles. The number of rotatable bonds is 3. The van der Waals surface area contributed by atoms with Gasteiger partial charge in [0.25, 0.3) is 5.56 Å². The first kappa shape index (κ1) is 14.6. The first-order valence-corrected chi connectivity index (χ1v) is 7.49. The molecule has 7 heteroatoms. The van der Waals surface area contributed by atoms with E-state index in [9.17, 15) is 9.59 Å². The molecule has 0 bridgehead atoms. The highest BCUT2D eigenvalue weighted by molar-refractivity contribution is 5.77. The van der Waals surface area contributed by atoms with Crippen molar-refractivity contribution in [3.05, 3.63) is 34.6 Å². The van der Waals surface area contributed by atoms with Gasteiger partial charge in [0.1, 0.15) is 5.52 Å². The van der Waals surface area contributed by atoms with Crippen LogP contribution in [0.3, 0.4) is 0 Å². The summed E-state index contributed by atoms with van der Waals surface area (Å²) in [6.45, 7) is 4.60. The normalized spacial score (nSPS) is 18.6. The van der Waals surface area contributed by atoms with Gasteiger partial charge in [0.15, 0.2) is 0 Å². The van der Waals surface area contributed by atoms with Gasteiger partial charge in [-0.3, -0.25) is 9.59 Å². The fourth-order valence-corrected chi connectivity index (χ4v) is 2.73.